The number of aryl methyl sites for hydroxylation is 3. The molecule has 0 N–H and O–H groups in total. The summed E-state index contributed by atoms with van der Waals surface area (Å²) >= 11 is 0. The van der Waals surface area contributed by atoms with Crippen LogP contribution >= 0.6 is 0 Å². The van der Waals surface area contributed by atoms with E-state index in [9.17, 15) is 0 Å². The minimum atomic E-state index is -0.0335. The number of para-hydroxylation sites is 1. The van der Waals surface area contributed by atoms with Gasteiger partial charge in [0.15, 0.2) is 5.82 Å². The van der Waals surface area contributed by atoms with Crippen molar-refractivity contribution in [2.45, 2.75) is 33.7 Å². The van der Waals surface area contributed by atoms with Crippen LogP contribution in [-0.4, -0.2) is 29.5 Å². The molecule has 1 atom stereocenters. The summed E-state index contributed by atoms with van der Waals surface area (Å²) in [5.74, 6) is 1.58. The molecular formula is C19H20N6. The van der Waals surface area contributed by atoms with E-state index in [0.29, 0.717) is 0 Å². The van der Waals surface area contributed by atoms with Crippen LogP contribution in [0.4, 0.5) is 0 Å². The summed E-state index contributed by atoms with van der Waals surface area (Å²) in [5.41, 5.74) is 3.95. The molecule has 3 heterocycles. The number of rotatable bonds is 3. The Morgan fingerprint density at radius 3 is 2.56 bits per heavy atom. The second kappa shape index (κ2) is 5.81. The van der Waals surface area contributed by atoms with Gasteiger partial charge in [0.1, 0.15) is 11.9 Å². The van der Waals surface area contributed by atoms with Crippen LogP contribution in [0.3, 0.4) is 0 Å². The zero-order valence-electron chi connectivity index (χ0n) is 14.8. The third-order valence-corrected chi connectivity index (χ3v) is 4.36. The lowest BCUT2D eigenvalue weighted by molar-refractivity contribution is 0.509. The SMILES string of the molecule is Cc1cc(C)n([C@@H](C)c2nc(C)nn2-c2cccc3cccnc23)n1. The first-order valence-electron chi connectivity index (χ1n) is 8.35. The van der Waals surface area contributed by atoms with Gasteiger partial charge in [-0.3, -0.25) is 9.67 Å². The summed E-state index contributed by atoms with van der Waals surface area (Å²) in [7, 11) is 0. The average Bonchev–Trinajstić information content (AvgIpc) is 3.15. The first-order valence-corrected chi connectivity index (χ1v) is 8.35. The Bertz CT molecular complexity index is 1050. The lowest BCUT2D eigenvalue weighted by Crippen LogP contribution is -2.16. The van der Waals surface area contributed by atoms with Gasteiger partial charge in [-0.05, 0) is 45.9 Å². The lowest BCUT2D eigenvalue weighted by atomic mass is 10.2. The quantitative estimate of drug-likeness (QED) is 0.576. The summed E-state index contributed by atoms with van der Waals surface area (Å²) in [6.07, 6.45) is 1.81. The monoisotopic (exact) mass is 332 g/mol. The third kappa shape index (κ3) is 2.59. The molecule has 6 nitrogen and oxygen atoms in total. The Kier molecular flexibility index (Phi) is 3.60. The van der Waals surface area contributed by atoms with Crippen LogP contribution in [0.2, 0.25) is 0 Å². The molecule has 0 saturated carbocycles. The standard InChI is InChI=1S/C19H20N6/c1-12-11-13(2)24(22-12)14(3)19-21-15(4)23-25(19)17-9-5-7-16-8-6-10-20-18(16)17/h5-11,14H,1-4H3/t14-/m0/s1. The molecule has 0 saturated heterocycles. The molecule has 3 aromatic heterocycles. The molecule has 1 aromatic carbocycles. The van der Waals surface area contributed by atoms with Crippen molar-refractivity contribution in [3.63, 3.8) is 0 Å². The molecule has 25 heavy (non-hydrogen) atoms. The lowest BCUT2D eigenvalue weighted by Gasteiger charge is -2.15. The fraction of sp³-hybridized carbons (Fsp3) is 0.263. The van der Waals surface area contributed by atoms with Crippen LogP contribution in [0.5, 0.6) is 0 Å². The molecule has 0 bridgehead atoms. The van der Waals surface area contributed by atoms with E-state index < -0.39 is 0 Å². The fourth-order valence-corrected chi connectivity index (χ4v) is 3.29. The Morgan fingerprint density at radius 2 is 1.80 bits per heavy atom. The minimum Gasteiger partial charge on any atom is -0.259 e. The first-order chi connectivity index (χ1) is 12.0. The molecule has 4 rings (SSSR count). The van der Waals surface area contributed by atoms with Crippen molar-refractivity contribution in [3.8, 4) is 5.69 Å². The highest BCUT2D eigenvalue weighted by molar-refractivity contribution is 5.86. The van der Waals surface area contributed by atoms with Crippen LogP contribution in [0.25, 0.3) is 16.6 Å². The van der Waals surface area contributed by atoms with Gasteiger partial charge in [-0.1, -0.05) is 18.2 Å². The third-order valence-electron chi connectivity index (χ3n) is 4.36. The van der Waals surface area contributed by atoms with E-state index in [1.165, 1.54) is 0 Å². The summed E-state index contributed by atoms with van der Waals surface area (Å²) in [6, 6.07) is 12.1. The van der Waals surface area contributed by atoms with E-state index in [4.69, 9.17) is 0 Å². The molecule has 0 aliphatic rings. The summed E-state index contributed by atoms with van der Waals surface area (Å²) in [5, 5.41) is 10.3. The van der Waals surface area contributed by atoms with E-state index in [1.807, 2.05) is 41.4 Å². The van der Waals surface area contributed by atoms with Gasteiger partial charge in [0.25, 0.3) is 0 Å². The highest BCUT2D eigenvalue weighted by Gasteiger charge is 2.21. The molecule has 0 aliphatic carbocycles. The van der Waals surface area contributed by atoms with Crippen LogP contribution in [0.15, 0.2) is 42.6 Å². The van der Waals surface area contributed by atoms with Gasteiger partial charge in [0.05, 0.1) is 16.9 Å². The highest BCUT2D eigenvalue weighted by atomic mass is 15.4. The van der Waals surface area contributed by atoms with Gasteiger partial charge in [-0.25, -0.2) is 9.67 Å². The number of benzene rings is 1. The predicted octanol–water partition coefficient (Wildman–Crippen LogP) is 3.55. The van der Waals surface area contributed by atoms with Gasteiger partial charge >= 0.3 is 0 Å². The fourth-order valence-electron chi connectivity index (χ4n) is 3.29. The van der Waals surface area contributed by atoms with Gasteiger partial charge in [-0.2, -0.15) is 10.2 Å². The Hall–Kier alpha value is -3.02. The van der Waals surface area contributed by atoms with E-state index in [0.717, 1.165) is 39.6 Å². The maximum absolute atomic E-state index is 4.68. The topological polar surface area (TPSA) is 61.4 Å². The van der Waals surface area contributed by atoms with Crippen molar-refractivity contribution in [1.29, 1.82) is 0 Å². The van der Waals surface area contributed by atoms with E-state index in [2.05, 4.69) is 52.2 Å². The molecule has 126 valence electrons. The van der Waals surface area contributed by atoms with Gasteiger partial charge < -0.3 is 0 Å². The average molecular weight is 332 g/mol. The molecule has 0 amide bonds. The predicted molar refractivity (Wildman–Crippen MR) is 96.9 cm³/mol. The van der Waals surface area contributed by atoms with E-state index in [-0.39, 0.29) is 6.04 Å². The van der Waals surface area contributed by atoms with Gasteiger partial charge in [0.2, 0.25) is 0 Å². The second-order valence-electron chi connectivity index (χ2n) is 6.33. The number of nitrogens with zero attached hydrogens (tertiary/aromatic N) is 6. The molecule has 0 spiro atoms. The second-order valence-corrected chi connectivity index (χ2v) is 6.33. The number of fused-ring (bicyclic) bond motifs is 1. The molecule has 0 aliphatic heterocycles. The van der Waals surface area contributed by atoms with E-state index >= 15 is 0 Å². The van der Waals surface area contributed by atoms with Crippen molar-refractivity contribution < 1.29 is 0 Å². The molecular weight excluding hydrogens is 312 g/mol. The molecule has 6 heteroatoms. The molecule has 0 unspecified atom stereocenters. The maximum atomic E-state index is 4.68. The zero-order valence-corrected chi connectivity index (χ0v) is 14.8. The van der Waals surface area contributed by atoms with Crippen molar-refractivity contribution in [3.05, 3.63) is 65.6 Å². The number of pyridine rings is 1. The van der Waals surface area contributed by atoms with Crippen molar-refractivity contribution in [2.75, 3.05) is 0 Å². The molecule has 0 radical (unpaired) electrons. The van der Waals surface area contributed by atoms with Gasteiger partial charge in [0, 0.05) is 17.3 Å². The van der Waals surface area contributed by atoms with Crippen molar-refractivity contribution >= 4 is 10.9 Å². The first kappa shape index (κ1) is 15.5. The van der Waals surface area contributed by atoms with Crippen LogP contribution in [0.1, 0.15) is 36.0 Å². The van der Waals surface area contributed by atoms with Crippen LogP contribution < -0.4 is 0 Å². The summed E-state index contributed by atoms with van der Waals surface area (Å²) in [6.45, 7) is 8.06. The minimum absolute atomic E-state index is 0.0335. The van der Waals surface area contributed by atoms with Gasteiger partial charge in [-0.15, -0.1) is 0 Å². The number of aromatic nitrogens is 6. The zero-order chi connectivity index (χ0) is 17.6. The Labute approximate surface area is 146 Å². The smallest absolute Gasteiger partial charge is 0.157 e. The summed E-state index contributed by atoms with van der Waals surface area (Å²) < 4.78 is 3.89. The number of hydrogen-bond donors (Lipinski definition) is 0. The van der Waals surface area contributed by atoms with Crippen molar-refractivity contribution in [1.82, 2.24) is 29.5 Å². The van der Waals surface area contributed by atoms with Crippen molar-refractivity contribution in [2.24, 2.45) is 0 Å². The molecule has 0 fully saturated rings. The van der Waals surface area contributed by atoms with Crippen LogP contribution in [0, 0.1) is 20.8 Å². The Balaban J connectivity index is 1.91. The normalized spacial score (nSPS) is 12.6. The highest BCUT2D eigenvalue weighted by Crippen LogP contribution is 2.25. The molecule has 4 aromatic rings. The van der Waals surface area contributed by atoms with E-state index in [1.54, 1.807) is 6.20 Å². The van der Waals surface area contributed by atoms with Crippen LogP contribution in [-0.2, 0) is 0 Å². The summed E-state index contributed by atoms with van der Waals surface area (Å²) in [4.78, 5) is 9.23. The largest absolute Gasteiger partial charge is 0.259 e. The Morgan fingerprint density at radius 1 is 1.00 bits per heavy atom. The maximum Gasteiger partial charge on any atom is 0.157 e. The number of hydrogen-bond acceptors (Lipinski definition) is 4.